The molecule has 1 aromatic rings. The van der Waals surface area contributed by atoms with Crippen molar-refractivity contribution in [1.29, 1.82) is 0 Å². The molecular weight excluding hydrogens is 222 g/mol. The number of rotatable bonds is 3. The zero-order valence-corrected chi connectivity index (χ0v) is 11.0. The Kier molecular flexibility index (Phi) is 3.11. The quantitative estimate of drug-likeness (QED) is 0.863. The van der Waals surface area contributed by atoms with E-state index in [2.05, 4.69) is 18.3 Å². The Bertz CT molecular complexity index is 454. The van der Waals surface area contributed by atoms with Gasteiger partial charge in [0.15, 0.2) is 0 Å². The second kappa shape index (κ2) is 4.75. The van der Waals surface area contributed by atoms with Crippen LogP contribution in [0.25, 0.3) is 0 Å². The van der Waals surface area contributed by atoms with Crippen molar-refractivity contribution < 1.29 is 4.79 Å². The van der Waals surface area contributed by atoms with E-state index >= 15 is 0 Å². The van der Waals surface area contributed by atoms with Crippen LogP contribution in [0.2, 0.25) is 0 Å². The lowest BCUT2D eigenvalue weighted by atomic mass is 9.88. The number of aryl methyl sites for hydroxylation is 1. The molecule has 0 radical (unpaired) electrons. The highest BCUT2D eigenvalue weighted by molar-refractivity contribution is 5.93. The van der Waals surface area contributed by atoms with Gasteiger partial charge in [0.1, 0.15) is 0 Å². The molecule has 3 atom stereocenters. The molecule has 2 saturated carbocycles. The molecule has 3 rings (SSSR count). The van der Waals surface area contributed by atoms with Crippen LogP contribution < -0.4 is 5.32 Å². The summed E-state index contributed by atoms with van der Waals surface area (Å²) in [7, 11) is 0. The van der Waals surface area contributed by atoms with Crippen molar-refractivity contribution in [2.24, 2.45) is 17.8 Å². The number of carbonyl (C=O) groups is 1. The number of hydrogen-bond donors (Lipinski definition) is 1. The van der Waals surface area contributed by atoms with Gasteiger partial charge in [0.2, 0.25) is 5.91 Å². The lowest BCUT2D eigenvalue weighted by Crippen LogP contribution is -2.27. The third-order valence-corrected chi connectivity index (χ3v) is 4.73. The van der Waals surface area contributed by atoms with E-state index in [0.717, 1.165) is 24.4 Å². The molecule has 2 aliphatic rings. The van der Waals surface area contributed by atoms with E-state index in [1.165, 1.54) is 24.8 Å². The maximum absolute atomic E-state index is 12.4. The molecule has 1 N–H and O–H groups in total. The number of para-hydroxylation sites is 1. The highest BCUT2D eigenvalue weighted by Gasteiger charge is 2.43. The number of amides is 1. The first-order valence-corrected chi connectivity index (χ1v) is 7.16. The second-order valence-corrected chi connectivity index (χ2v) is 5.78. The average molecular weight is 243 g/mol. The highest BCUT2D eigenvalue weighted by atomic mass is 16.1. The zero-order chi connectivity index (χ0) is 12.5. The molecule has 0 spiro atoms. The van der Waals surface area contributed by atoms with E-state index in [0.29, 0.717) is 5.92 Å². The van der Waals surface area contributed by atoms with Crippen molar-refractivity contribution >= 4 is 11.6 Å². The highest BCUT2D eigenvalue weighted by Crippen LogP contribution is 2.48. The first kappa shape index (κ1) is 11.8. The van der Waals surface area contributed by atoms with Crippen molar-refractivity contribution in [2.45, 2.75) is 39.0 Å². The zero-order valence-electron chi connectivity index (χ0n) is 11.0. The number of benzene rings is 1. The van der Waals surface area contributed by atoms with Crippen LogP contribution in [0.5, 0.6) is 0 Å². The maximum Gasteiger partial charge on any atom is 0.227 e. The summed E-state index contributed by atoms with van der Waals surface area (Å²) in [6.07, 6.45) is 5.98. The Morgan fingerprint density at radius 2 is 2.11 bits per heavy atom. The van der Waals surface area contributed by atoms with Crippen molar-refractivity contribution in [3.8, 4) is 0 Å². The first-order chi connectivity index (χ1) is 8.78. The van der Waals surface area contributed by atoms with Crippen molar-refractivity contribution in [2.75, 3.05) is 5.32 Å². The topological polar surface area (TPSA) is 29.1 Å². The van der Waals surface area contributed by atoms with E-state index in [1.54, 1.807) is 0 Å². The van der Waals surface area contributed by atoms with Crippen LogP contribution in [0.3, 0.4) is 0 Å². The molecule has 2 fully saturated rings. The Labute approximate surface area is 109 Å². The Hall–Kier alpha value is -1.31. The number of anilines is 1. The molecule has 0 aromatic heterocycles. The van der Waals surface area contributed by atoms with Crippen LogP contribution >= 0.6 is 0 Å². The lowest BCUT2D eigenvalue weighted by molar-refractivity contribution is -0.121. The molecule has 18 heavy (non-hydrogen) atoms. The summed E-state index contributed by atoms with van der Waals surface area (Å²) in [4.78, 5) is 12.4. The van der Waals surface area contributed by atoms with Gasteiger partial charge in [0.05, 0.1) is 0 Å². The number of nitrogens with one attached hydrogen (secondary N) is 1. The molecule has 1 amide bonds. The summed E-state index contributed by atoms with van der Waals surface area (Å²) in [5.41, 5.74) is 2.24. The fourth-order valence-corrected chi connectivity index (χ4v) is 3.74. The van der Waals surface area contributed by atoms with E-state index in [9.17, 15) is 4.79 Å². The van der Waals surface area contributed by atoms with Gasteiger partial charge < -0.3 is 5.32 Å². The Morgan fingerprint density at radius 3 is 2.78 bits per heavy atom. The summed E-state index contributed by atoms with van der Waals surface area (Å²) in [6.45, 7) is 2.13. The average Bonchev–Trinajstić information content (AvgIpc) is 3.01. The second-order valence-electron chi connectivity index (χ2n) is 5.78. The van der Waals surface area contributed by atoms with Crippen LogP contribution in [-0.2, 0) is 11.2 Å². The van der Waals surface area contributed by atoms with Crippen molar-refractivity contribution in [3.05, 3.63) is 29.8 Å². The fraction of sp³-hybridized carbons (Fsp3) is 0.562. The predicted octanol–water partition coefficient (Wildman–Crippen LogP) is 3.62. The van der Waals surface area contributed by atoms with E-state index < -0.39 is 0 Å². The van der Waals surface area contributed by atoms with Gasteiger partial charge in [-0.2, -0.15) is 0 Å². The number of hydrogen-bond acceptors (Lipinski definition) is 1. The summed E-state index contributed by atoms with van der Waals surface area (Å²) in [5, 5.41) is 3.15. The minimum atomic E-state index is 0.253. The van der Waals surface area contributed by atoms with Gasteiger partial charge in [-0.3, -0.25) is 4.79 Å². The van der Waals surface area contributed by atoms with Crippen LogP contribution in [0.15, 0.2) is 24.3 Å². The third kappa shape index (κ3) is 2.05. The van der Waals surface area contributed by atoms with Gasteiger partial charge in [-0.1, -0.05) is 31.5 Å². The molecule has 2 bridgehead atoms. The summed E-state index contributed by atoms with van der Waals surface area (Å²) in [6, 6.07) is 8.14. The fourth-order valence-electron chi connectivity index (χ4n) is 3.74. The molecule has 2 aliphatic carbocycles. The lowest BCUT2D eigenvalue weighted by Gasteiger charge is -2.21. The number of carbonyl (C=O) groups excluding carboxylic acids is 1. The minimum absolute atomic E-state index is 0.253. The molecule has 0 saturated heterocycles. The molecule has 0 aliphatic heterocycles. The SMILES string of the molecule is CCc1ccccc1NC(=O)[C@H]1C[C@@H]2CC[C@@H]1C2. The summed E-state index contributed by atoms with van der Waals surface area (Å²) >= 11 is 0. The monoisotopic (exact) mass is 243 g/mol. The standard InChI is InChI=1S/C16H21NO/c1-2-12-5-3-4-6-15(12)17-16(18)14-10-11-7-8-13(14)9-11/h3-6,11,13-14H,2,7-10H2,1H3,(H,17,18)/t11-,13-,14+/m1/s1. The largest absolute Gasteiger partial charge is 0.326 e. The predicted molar refractivity (Wildman–Crippen MR) is 73.4 cm³/mol. The Balaban J connectivity index is 1.71. The molecule has 2 nitrogen and oxygen atoms in total. The first-order valence-electron chi connectivity index (χ1n) is 7.16. The van der Waals surface area contributed by atoms with Gasteiger partial charge in [0, 0.05) is 11.6 Å². The smallest absolute Gasteiger partial charge is 0.227 e. The van der Waals surface area contributed by atoms with E-state index in [1.807, 2.05) is 18.2 Å². The molecule has 1 aromatic carbocycles. The van der Waals surface area contributed by atoms with Crippen molar-refractivity contribution in [3.63, 3.8) is 0 Å². The van der Waals surface area contributed by atoms with E-state index in [-0.39, 0.29) is 11.8 Å². The third-order valence-electron chi connectivity index (χ3n) is 4.73. The summed E-state index contributed by atoms with van der Waals surface area (Å²) in [5.74, 6) is 2.01. The van der Waals surface area contributed by atoms with E-state index in [4.69, 9.17) is 0 Å². The van der Waals surface area contributed by atoms with Gasteiger partial charge in [-0.25, -0.2) is 0 Å². The van der Waals surface area contributed by atoms with Gasteiger partial charge in [-0.15, -0.1) is 0 Å². The minimum Gasteiger partial charge on any atom is -0.326 e. The van der Waals surface area contributed by atoms with Gasteiger partial charge in [-0.05, 0) is 49.1 Å². The van der Waals surface area contributed by atoms with Crippen LogP contribution in [-0.4, -0.2) is 5.91 Å². The normalized spacial score (nSPS) is 29.5. The van der Waals surface area contributed by atoms with Gasteiger partial charge in [0.25, 0.3) is 0 Å². The van der Waals surface area contributed by atoms with Crippen molar-refractivity contribution in [1.82, 2.24) is 0 Å². The maximum atomic E-state index is 12.4. The summed E-state index contributed by atoms with van der Waals surface area (Å²) < 4.78 is 0. The van der Waals surface area contributed by atoms with Crippen LogP contribution in [0.1, 0.15) is 38.2 Å². The molecule has 0 unspecified atom stereocenters. The molecule has 0 heterocycles. The van der Waals surface area contributed by atoms with Crippen LogP contribution in [0, 0.1) is 17.8 Å². The van der Waals surface area contributed by atoms with Crippen LogP contribution in [0.4, 0.5) is 5.69 Å². The van der Waals surface area contributed by atoms with Gasteiger partial charge >= 0.3 is 0 Å². The molecule has 96 valence electrons. The number of fused-ring (bicyclic) bond motifs is 2. The Morgan fingerprint density at radius 1 is 1.28 bits per heavy atom. The molecular formula is C16H21NO. The molecule has 2 heteroatoms.